The Hall–Kier alpha value is -0.740. The average Bonchev–Trinajstić information content (AvgIpc) is 2.24. The van der Waals surface area contributed by atoms with Crippen LogP contribution in [0.3, 0.4) is 0 Å². The largest absolute Gasteiger partial charge is 0.496 e. The van der Waals surface area contributed by atoms with Gasteiger partial charge in [-0.3, -0.25) is 0 Å². The first-order valence-corrected chi connectivity index (χ1v) is 6.25. The number of methoxy groups -OCH3 is 1. The SMILES string of the molecule is COc1ccc(NCCCC(C)N)cc1Br. The van der Waals surface area contributed by atoms with E-state index in [1.807, 2.05) is 25.1 Å². The highest BCUT2D eigenvalue weighted by Crippen LogP contribution is 2.27. The molecule has 1 unspecified atom stereocenters. The summed E-state index contributed by atoms with van der Waals surface area (Å²) < 4.78 is 6.13. The molecule has 4 heteroatoms. The normalized spacial score (nSPS) is 12.2. The molecule has 0 bridgehead atoms. The molecule has 0 aliphatic rings. The molecule has 3 nitrogen and oxygen atoms in total. The van der Waals surface area contributed by atoms with Crippen LogP contribution < -0.4 is 15.8 Å². The summed E-state index contributed by atoms with van der Waals surface area (Å²) in [6.45, 7) is 2.98. The predicted octanol–water partition coefficient (Wildman–Crippen LogP) is 3.00. The lowest BCUT2D eigenvalue weighted by Crippen LogP contribution is -2.16. The van der Waals surface area contributed by atoms with Crippen molar-refractivity contribution in [3.05, 3.63) is 22.7 Å². The number of benzene rings is 1. The van der Waals surface area contributed by atoms with E-state index in [1.165, 1.54) is 0 Å². The van der Waals surface area contributed by atoms with Gasteiger partial charge in [-0.2, -0.15) is 0 Å². The van der Waals surface area contributed by atoms with Gasteiger partial charge in [-0.1, -0.05) is 0 Å². The van der Waals surface area contributed by atoms with E-state index >= 15 is 0 Å². The van der Waals surface area contributed by atoms with Crippen molar-refractivity contribution in [2.24, 2.45) is 5.73 Å². The Morgan fingerprint density at radius 3 is 2.81 bits per heavy atom. The van der Waals surface area contributed by atoms with E-state index in [4.69, 9.17) is 10.5 Å². The second-order valence-electron chi connectivity index (χ2n) is 3.90. The molecular formula is C12H19BrN2O. The fourth-order valence-electron chi connectivity index (χ4n) is 1.43. The van der Waals surface area contributed by atoms with Crippen LogP contribution in [0.5, 0.6) is 5.75 Å². The molecule has 1 atom stereocenters. The molecule has 0 amide bonds. The molecule has 0 radical (unpaired) electrons. The van der Waals surface area contributed by atoms with Crippen LogP contribution in [0.2, 0.25) is 0 Å². The number of nitrogens with two attached hydrogens (primary N) is 1. The van der Waals surface area contributed by atoms with E-state index in [-0.39, 0.29) is 6.04 Å². The third kappa shape index (κ3) is 4.41. The Morgan fingerprint density at radius 2 is 2.25 bits per heavy atom. The molecule has 0 saturated heterocycles. The van der Waals surface area contributed by atoms with Crippen LogP contribution in [-0.2, 0) is 0 Å². The highest BCUT2D eigenvalue weighted by atomic mass is 79.9. The van der Waals surface area contributed by atoms with Crippen molar-refractivity contribution in [1.29, 1.82) is 0 Å². The van der Waals surface area contributed by atoms with Crippen molar-refractivity contribution in [3.63, 3.8) is 0 Å². The summed E-state index contributed by atoms with van der Waals surface area (Å²) in [5.74, 6) is 0.848. The number of anilines is 1. The number of rotatable bonds is 6. The lowest BCUT2D eigenvalue weighted by molar-refractivity contribution is 0.412. The van der Waals surface area contributed by atoms with Crippen molar-refractivity contribution in [3.8, 4) is 5.75 Å². The second-order valence-corrected chi connectivity index (χ2v) is 4.75. The summed E-state index contributed by atoms with van der Waals surface area (Å²) in [6.07, 6.45) is 2.13. The molecular weight excluding hydrogens is 268 g/mol. The van der Waals surface area contributed by atoms with Gasteiger partial charge in [0.15, 0.2) is 0 Å². The lowest BCUT2D eigenvalue weighted by atomic mass is 10.2. The van der Waals surface area contributed by atoms with E-state index in [0.717, 1.165) is 35.3 Å². The van der Waals surface area contributed by atoms with E-state index < -0.39 is 0 Å². The smallest absolute Gasteiger partial charge is 0.133 e. The fourth-order valence-corrected chi connectivity index (χ4v) is 1.97. The van der Waals surface area contributed by atoms with E-state index in [2.05, 4.69) is 21.2 Å². The Labute approximate surface area is 105 Å². The summed E-state index contributed by atoms with van der Waals surface area (Å²) in [4.78, 5) is 0. The van der Waals surface area contributed by atoms with Gasteiger partial charge in [-0.15, -0.1) is 0 Å². The van der Waals surface area contributed by atoms with E-state index in [0.29, 0.717) is 0 Å². The summed E-state index contributed by atoms with van der Waals surface area (Å²) in [5.41, 5.74) is 6.78. The maximum atomic E-state index is 5.68. The van der Waals surface area contributed by atoms with Crippen LogP contribution in [-0.4, -0.2) is 19.7 Å². The molecule has 1 rings (SSSR count). The van der Waals surface area contributed by atoms with Crippen molar-refractivity contribution in [1.82, 2.24) is 0 Å². The average molecular weight is 287 g/mol. The van der Waals surface area contributed by atoms with E-state index in [1.54, 1.807) is 7.11 Å². The molecule has 0 heterocycles. The first kappa shape index (κ1) is 13.3. The van der Waals surface area contributed by atoms with Gasteiger partial charge in [-0.05, 0) is 53.9 Å². The van der Waals surface area contributed by atoms with E-state index in [9.17, 15) is 0 Å². The minimum atomic E-state index is 0.282. The fraction of sp³-hybridized carbons (Fsp3) is 0.500. The minimum absolute atomic E-state index is 0.282. The molecule has 0 saturated carbocycles. The van der Waals surface area contributed by atoms with Gasteiger partial charge in [0.05, 0.1) is 11.6 Å². The Kier molecular flexibility index (Phi) is 5.63. The van der Waals surface area contributed by atoms with Crippen molar-refractivity contribution in [2.75, 3.05) is 19.0 Å². The van der Waals surface area contributed by atoms with Crippen molar-refractivity contribution in [2.45, 2.75) is 25.8 Å². The Balaban J connectivity index is 2.40. The number of hydrogen-bond acceptors (Lipinski definition) is 3. The molecule has 0 spiro atoms. The Morgan fingerprint density at radius 1 is 1.50 bits per heavy atom. The van der Waals surface area contributed by atoms with Gasteiger partial charge in [0.1, 0.15) is 5.75 Å². The summed E-state index contributed by atoms with van der Waals surface area (Å²) in [6, 6.07) is 6.25. The minimum Gasteiger partial charge on any atom is -0.496 e. The Bertz CT molecular complexity index is 329. The van der Waals surface area contributed by atoms with Crippen molar-refractivity contribution < 1.29 is 4.74 Å². The predicted molar refractivity (Wildman–Crippen MR) is 72.1 cm³/mol. The van der Waals surface area contributed by atoms with Crippen LogP contribution in [0, 0.1) is 0 Å². The van der Waals surface area contributed by atoms with Gasteiger partial charge in [-0.25, -0.2) is 0 Å². The molecule has 3 N–H and O–H groups in total. The maximum absolute atomic E-state index is 5.68. The molecule has 1 aromatic rings. The first-order valence-electron chi connectivity index (χ1n) is 5.46. The number of ether oxygens (including phenoxy) is 1. The van der Waals surface area contributed by atoms with Gasteiger partial charge in [0.25, 0.3) is 0 Å². The summed E-state index contributed by atoms with van der Waals surface area (Å²) >= 11 is 3.45. The lowest BCUT2D eigenvalue weighted by Gasteiger charge is -2.10. The molecule has 16 heavy (non-hydrogen) atoms. The second kappa shape index (κ2) is 6.76. The molecule has 0 aliphatic heterocycles. The molecule has 1 aromatic carbocycles. The molecule has 0 aromatic heterocycles. The van der Waals surface area contributed by atoms with Gasteiger partial charge in [0.2, 0.25) is 0 Å². The monoisotopic (exact) mass is 286 g/mol. The third-order valence-corrected chi connectivity index (χ3v) is 2.94. The summed E-state index contributed by atoms with van der Waals surface area (Å²) in [5, 5.41) is 3.35. The van der Waals surface area contributed by atoms with Crippen LogP contribution >= 0.6 is 15.9 Å². The number of hydrogen-bond donors (Lipinski definition) is 2. The standard InChI is InChI=1S/C12H19BrN2O/c1-9(14)4-3-7-15-10-5-6-12(16-2)11(13)8-10/h5-6,8-9,15H,3-4,7,14H2,1-2H3. The number of nitrogens with one attached hydrogen (secondary N) is 1. The molecule has 0 aliphatic carbocycles. The highest BCUT2D eigenvalue weighted by Gasteiger charge is 2.00. The van der Waals surface area contributed by atoms with Crippen LogP contribution in [0.1, 0.15) is 19.8 Å². The highest BCUT2D eigenvalue weighted by molar-refractivity contribution is 9.10. The van der Waals surface area contributed by atoms with Crippen molar-refractivity contribution >= 4 is 21.6 Å². The van der Waals surface area contributed by atoms with Gasteiger partial charge >= 0.3 is 0 Å². The van der Waals surface area contributed by atoms with Gasteiger partial charge < -0.3 is 15.8 Å². The summed E-state index contributed by atoms with van der Waals surface area (Å²) in [7, 11) is 1.66. The zero-order valence-electron chi connectivity index (χ0n) is 9.79. The topological polar surface area (TPSA) is 47.3 Å². The third-order valence-electron chi connectivity index (χ3n) is 2.32. The first-order chi connectivity index (χ1) is 7.63. The maximum Gasteiger partial charge on any atom is 0.133 e. The quantitative estimate of drug-likeness (QED) is 0.791. The van der Waals surface area contributed by atoms with Crippen LogP contribution in [0.25, 0.3) is 0 Å². The zero-order valence-corrected chi connectivity index (χ0v) is 11.4. The zero-order chi connectivity index (χ0) is 12.0. The molecule has 90 valence electrons. The molecule has 0 fully saturated rings. The van der Waals surface area contributed by atoms with Gasteiger partial charge in [0, 0.05) is 18.3 Å². The number of halogens is 1. The van der Waals surface area contributed by atoms with Crippen LogP contribution in [0.15, 0.2) is 22.7 Å². The van der Waals surface area contributed by atoms with Crippen LogP contribution in [0.4, 0.5) is 5.69 Å².